The normalized spacial score (nSPS) is 14.7. The van der Waals surface area contributed by atoms with E-state index in [2.05, 4.69) is 5.32 Å². The van der Waals surface area contributed by atoms with E-state index in [1.807, 2.05) is 42.5 Å². The number of amides is 1. The molecular formula is C22H21NO4. The van der Waals surface area contributed by atoms with Crippen LogP contribution in [0.4, 0.5) is 0 Å². The summed E-state index contributed by atoms with van der Waals surface area (Å²) in [6.45, 7) is 1.77. The number of carbonyl (C=O) groups is 2. The lowest BCUT2D eigenvalue weighted by molar-refractivity contribution is -0.141. The van der Waals surface area contributed by atoms with Crippen LogP contribution in [0.2, 0.25) is 0 Å². The Morgan fingerprint density at radius 3 is 2.78 bits per heavy atom. The van der Waals surface area contributed by atoms with Crippen molar-refractivity contribution in [3.63, 3.8) is 0 Å². The number of hydrogen-bond donors (Lipinski definition) is 2. The summed E-state index contributed by atoms with van der Waals surface area (Å²) in [7, 11) is 0. The molecule has 0 radical (unpaired) electrons. The quantitative estimate of drug-likeness (QED) is 0.799. The molecule has 1 amide bonds. The summed E-state index contributed by atoms with van der Waals surface area (Å²) in [6, 6.07) is 14.7. The second-order valence-electron chi connectivity index (χ2n) is 6.34. The average molecular weight is 363 g/mol. The maximum absolute atomic E-state index is 12.6. The van der Waals surface area contributed by atoms with Crippen LogP contribution >= 0.6 is 0 Å². The fourth-order valence-corrected chi connectivity index (χ4v) is 2.91. The predicted octanol–water partition coefficient (Wildman–Crippen LogP) is 3.30. The molecule has 5 heteroatoms. The van der Waals surface area contributed by atoms with E-state index in [0.29, 0.717) is 12.1 Å². The van der Waals surface area contributed by atoms with Crippen LogP contribution in [0.15, 0.2) is 60.2 Å². The molecule has 5 nitrogen and oxygen atoms in total. The molecule has 0 aliphatic carbocycles. The summed E-state index contributed by atoms with van der Waals surface area (Å²) < 4.78 is 5.19. The van der Waals surface area contributed by atoms with Gasteiger partial charge in [0.15, 0.2) is 0 Å². The molecule has 0 aromatic heterocycles. The Balaban J connectivity index is 1.96. The summed E-state index contributed by atoms with van der Waals surface area (Å²) in [6.07, 6.45) is 5.51. The van der Waals surface area contributed by atoms with Crippen LogP contribution in [0.25, 0.3) is 12.2 Å². The lowest BCUT2D eigenvalue weighted by atomic mass is 9.95. The Labute approximate surface area is 158 Å². The molecule has 27 heavy (non-hydrogen) atoms. The van der Waals surface area contributed by atoms with Gasteiger partial charge in [-0.05, 0) is 34.9 Å². The summed E-state index contributed by atoms with van der Waals surface area (Å²) in [4.78, 5) is 23.9. The first-order chi connectivity index (χ1) is 13.0. The monoisotopic (exact) mass is 363 g/mol. The van der Waals surface area contributed by atoms with Crippen LogP contribution in [0.1, 0.15) is 23.6 Å². The van der Waals surface area contributed by atoms with Crippen LogP contribution in [-0.2, 0) is 20.9 Å². The lowest BCUT2D eigenvalue weighted by Crippen LogP contribution is -2.27. The molecule has 2 aromatic carbocycles. The topological polar surface area (TPSA) is 75.6 Å². The van der Waals surface area contributed by atoms with Crippen LogP contribution in [-0.4, -0.2) is 23.6 Å². The SMILES string of the molecule is CC(=O)OCC(C=Cc1ccccc1)C1=Cc2cc(O)ccc2CNC1=O. The average Bonchev–Trinajstić information content (AvgIpc) is 2.81. The van der Waals surface area contributed by atoms with E-state index in [0.717, 1.165) is 16.7 Å². The van der Waals surface area contributed by atoms with Gasteiger partial charge in [-0.15, -0.1) is 0 Å². The Kier molecular flexibility index (Phi) is 5.71. The van der Waals surface area contributed by atoms with Gasteiger partial charge in [0.05, 0.1) is 0 Å². The van der Waals surface area contributed by atoms with Crippen LogP contribution in [0.5, 0.6) is 5.75 Å². The minimum absolute atomic E-state index is 0.0616. The van der Waals surface area contributed by atoms with Gasteiger partial charge in [0.2, 0.25) is 5.91 Å². The number of esters is 1. The van der Waals surface area contributed by atoms with Gasteiger partial charge in [0.1, 0.15) is 12.4 Å². The van der Waals surface area contributed by atoms with Crippen LogP contribution in [0, 0.1) is 5.92 Å². The Morgan fingerprint density at radius 1 is 1.26 bits per heavy atom. The minimum Gasteiger partial charge on any atom is -0.508 e. The number of nitrogens with one attached hydrogen (secondary N) is 1. The number of phenolic OH excluding ortho intramolecular Hbond substituents is 1. The molecule has 2 aromatic rings. The molecule has 1 aliphatic heterocycles. The number of rotatable bonds is 5. The zero-order valence-electron chi connectivity index (χ0n) is 15.0. The van der Waals surface area contributed by atoms with Gasteiger partial charge in [0.25, 0.3) is 0 Å². The lowest BCUT2D eigenvalue weighted by Gasteiger charge is -2.15. The smallest absolute Gasteiger partial charge is 0.302 e. The molecule has 0 fully saturated rings. The number of ether oxygens (including phenoxy) is 1. The molecular weight excluding hydrogens is 342 g/mol. The van der Waals surface area contributed by atoms with Crippen molar-refractivity contribution < 1.29 is 19.4 Å². The van der Waals surface area contributed by atoms with Crippen LogP contribution < -0.4 is 5.32 Å². The van der Waals surface area contributed by atoms with Crippen molar-refractivity contribution in [3.05, 3.63) is 76.9 Å². The predicted molar refractivity (Wildman–Crippen MR) is 104 cm³/mol. The van der Waals surface area contributed by atoms with Crippen molar-refractivity contribution >= 4 is 24.0 Å². The van der Waals surface area contributed by atoms with Gasteiger partial charge < -0.3 is 15.2 Å². The first kappa shape index (κ1) is 18.5. The van der Waals surface area contributed by atoms with Gasteiger partial charge in [0, 0.05) is 25.0 Å². The molecule has 3 rings (SSSR count). The van der Waals surface area contributed by atoms with Crippen molar-refractivity contribution in [2.24, 2.45) is 5.92 Å². The van der Waals surface area contributed by atoms with Crippen molar-refractivity contribution in [2.75, 3.05) is 6.61 Å². The summed E-state index contributed by atoms with van der Waals surface area (Å²) in [5, 5.41) is 12.7. The highest BCUT2D eigenvalue weighted by molar-refractivity contribution is 6.00. The second kappa shape index (κ2) is 8.36. The van der Waals surface area contributed by atoms with E-state index in [-0.39, 0.29) is 18.3 Å². The van der Waals surface area contributed by atoms with E-state index >= 15 is 0 Å². The molecule has 1 aliphatic rings. The summed E-state index contributed by atoms with van der Waals surface area (Å²) in [5.41, 5.74) is 3.14. The summed E-state index contributed by atoms with van der Waals surface area (Å²) >= 11 is 0. The van der Waals surface area contributed by atoms with Crippen molar-refractivity contribution in [2.45, 2.75) is 13.5 Å². The molecule has 1 atom stereocenters. The molecule has 0 saturated heterocycles. The van der Waals surface area contributed by atoms with E-state index < -0.39 is 11.9 Å². The highest BCUT2D eigenvalue weighted by Gasteiger charge is 2.23. The van der Waals surface area contributed by atoms with Crippen LogP contribution in [0.3, 0.4) is 0 Å². The molecule has 1 unspecified atom stereocenters. The first-order valence-corrected chi connectivity index (χ1v) is 8.71. The van der Waals surface area contributed by atoms with Gasteiger partial charge in [-0.25, -0.2) is 0 Å². The van der Waals surface area contributed by atoms with Gasteiger partial charge >= 0.3 is 5.97 Å². The molecule has 2 N–H and O–H groups in total. The van der Waals surface area contributed by atoms with Crippen molar-refractivity contribution in [3.8, 4) is 5.75 Å². The Morgan fingerprint density at radius 2 is 2.04 bits per heavy atom. The Hall–Kier alpha value is -3.34. The van der Waals surface area contributed by atoms with E-state index in [1.165, 1.54) is 6.92 Å². The third kappa shape index (κ3) is 4.85. The second-order valence-corrected chi connectivity index (χ2v) is 6.34. The van der Waals surface area contributed by atoms with Gasteiger partial charge in [-0.2, -0.15) is 0 Å². The number of benzene rings is 2. The zero-order valence-corrected chi connectivity index (χ0v) is 15.0. The van der Waals surface area contributed by atoms with E-state index in [9.17, 15) is 14.7 Å². The third-order valence-corrected chi connectivity index (χ3v) is 4.33. The number of phenols is 1. The number of fused-ring (bicyclic) bond motifs is 1. The standard InChI is InChI=1S/C22H21NO4/c1-15(24)27-14-18(8-7-16-5-3-2-4-6-16)21-12-19-11-20(25)10-9-17(19)13-23-22(21)26/h2-12,18,25H,13-14H2,1H3,(H,23,26). The van der Waals surface area contributed by atoms with Crippen molar-refractivity contribution in [1.29, 1.82) is 0 Å². The fourth-order valence-electron chi connectivity index (χ4n) is 2.91. The van der Waals surface area contributed by atoms with Gasteiger partial charge in [-0.1, -0.05) is 48.6 Å². The largest absolute Gasteiger partial charge is 0.508 e. The summed E-state index contributed by atoms with van der Waals surface area (Å²) in [5.74, 6) is -0.904. The number of hydrogen-bond acceptors (Lipinski definition) is 4. The zero-order chi connectivity index (χ0) is 19.2. The molecule has 0 spiro atoms. The van der Waals surface area contributed by atoms with Gasteiger partial charge in [-0.3, -0.25) is 9.59 Å². The Bertz CT molecular complexity index is 900. The van der Waals surface area contributed by atoms with E-state index in [4.69, 9.17) is 4.74 Å². The maximum atomic E-state index is 12.6. The van der Waals surface area contributed by atoms with E-state index in [1.54, 1.807) is 24.3 Å². The fraction of sp³-hybridized carbons (Fsp3) is 0.182. The highest BCUT2D eigenvalue weighted by Crippen LogP contribution is 2.26. The number of aromatic hydroxyl groups is 1. The molecule has 0 saturated carbocycles. The maximum Gasteiger partial charge on any atom is 0.302 e. The molecule has 1 heterocycles. The minimum atomic E-state index is -0.414. The third-order valence-electron chi connectivity index (χ3n) is 4.33. The highest BCUT2D eigenvalue weighted by atomic mass is 16.5. The molecule has 0 bridgehead atoms. The first-order valence-electron chi connectivity index (χ1n) is 8.71. The van der Waals surface area contributed by atoms with Crippen molar-refractivity contribution in [1.82, 2.24) is 5.32 Å². The molecule has 138 valence electrons. The number of carbonyl (C=O) groups excluding carboxylic acids is 2.